The fraction of sp³-hybridized carbons (Fsp3) is 0.333. The van der Waals surface area contributed by atoms with Crippen molar-refractivity contribution in [1.82, 2.24) is 5.32 Å². The zero-order valence-corrected chi connectivity index (χ0v) is 12.3. The third-order valence-electron chi connectivity index (χ3n) is 3.05. The highest BCUT2D eigenvalue weighted by atomic mass is 32.1. The molecule has 2 rings (SSSR count). The maximum absolute atomic E-state index is 5.42. The van der Waals surface area contributed by atoms with Crippen molar-refractivity contribution in [3.05, 3.63) is 45.6 Å². The summed E-state index contributed by atoms with van der Waals surface area (Å²) in [5, 5.41) is 5.57. The summed E-state index contributed by atoms with van der Waals surface area (Å²) in [6.45, 7) is 3.78. The highest BCUT2D eigenvalue weighted by molar-refractivity contribution is 7.10. The lowest BCUT2D eigenvalue weighted by Gasteiger charge is -2.13. The number of methoxy groups -OCH3 is 2. The van der Waals surface area contributed by atoms with Crippen LogP contribution in [-0.2, 0) is 13.1 Å². The van der Waals surface area contributed by atoms with Crippen molar-refractivity contribution in [2.45, 2.75) is 20.0 Å². The fourth-order valence-corrected chi connectivity index (χ4v) is 2.86. The average Bonchev–Trinajstić information content (AvgIpc) is 2.84. The van der Waals surface area contributed by atoms with Crippen molar-refractivity contribution in [2.24, 2.45) is 0 Å². The third kappa shape index (κ3) is 3.28. The van der Waals surface area contributed by atoms with Gasteiger partial charge in [0.15, 0.2) is 11.5 Å². The lowest BCUT2D eigenvalue weighted by Crippen LogP contribution is -2.13. The Morgan fingerprint density at radius 2 is 1.95 bits per heavy atom. The number of benzene rings is 1. The second-order valence-corrected chi connectivity index (χ2v) is 5.28. The Balaban J connectivity index is 2.01. The van der Waals surface area contributed by atoms with Crippen molar-refractivity contribution >= 4 is 11.3 Å². The summed E-state index contributed by atoms with van der Waals surface area (Å²) >= 11 is 1.78. The SMILES string of the molecule is COc1cccc(CNCc2sccc2C)c1OC. The molecule has 0 saturated heterocycles. The van der Waals surface area contributed by atoms with E-state index in [1.54, 1.807) is 25.6 Å². The van der Waals surface area contributed by atoms with Crippen molar-refractivity contribution in [3.63, 3.8) is 0 Å². The number of thiophene rings is 1. The van der Waals surface area contributed by atoms with Gasteiger partial charge in [0.05, 0.1) is 14.2 Å². The molecule has 0 bridgehead atoms. The molecule has 0 atom stereocenters. The number of hydrogen-bond donors (Lipinski definition) is 1. The van der Waals surface area contributed by atoms with Gasteiger partial charge >= 0.3 is 0 Å². The number of nitrogens with one attached hydrogen (secondary N) is 1. The molecule has 2 aromatic rings. The largest absolute Gasteiger partial charge is 0.493 e. The molecule has 4 heteroatoms. The minimum Gasteiger partial charge on any atom is -0.493 e. The average molecular weight is 277 g/mol. The van der Waals surface area contributed by atoms with E-state index >= 15 is 0 Å². The molecule has 0 radical (unpaired) electrons. The smallest absolute Gasteiger partial charge is 0.165 e. The Bertz CT molecular complexity index is 537. The van der Waals surface area contributed by atoms with Gasteiger partial charge in [-0.05, 0) is 30.0 Å². The van der Waals surface area contributed by atoms with E-state index in [1.807, 2.05) is 12.1 Å². The summed E-state index contributed by atoms with van der Waals surface area (Å²) in [7, 11) is 3.33. The van der Waals surface area contributed by atoms with Crippen LogP contribution in [0.3, 0.4) is 0 Å². The molecule has 1 aromatic carbocycles. The molecule has 0 saturated carbocycles. The van der Waals surface area contributed by atoms with Crippen LogP contribution >= 0.6 is 11.3 Å². The molecule has 1 aromatic heterocycles. The second kappa shape index (κ2) is 6.59. The van der Waals surface area contributed by atoms with E-state index < -0.39 is 0 Å². The van der Waals surface area contributed by atoms with Gasteiger partial charge in [0.2, 0.25) is 0 Å². The number of rotatable bonds is 6. The van der Waals surface area contributed by atoms with Crippen LogP contribution in [0.2, 0.25) is 0 Å². The molecule has 0 aliphatic carbocycles. The van der Waals surface area contributed by atoms with Gasteiger partial charge in [-0.1, -0.05) is 12.1 Å². The van der Waals surface area contributed by atoms with E-state index in [0.717, 1.165) is 30.2 Å². The number of hydrogen-bond acceptors (Lipinski definition) is 4. The van der Waals surface area contributed by atoms with Crippen molar-refractivity contribution in [3.8, 4) is 11.5 Å². The van der Waals surface area contributed by atoms with E-state index in [2.05, 4.69) is 29.8 Å². The molecule has 0 aliphatic rings. The van der Waals surface area contributed by atoms with Crippen LogP contribution in [0.4, 0.5) is 0 Å². The Morgan fingerprint density at radius 3 is 2.58 bits per heavy atom. The summed E-state index contributed by atoms with van der Waals surface area (Å²) < 4.78 is 10.7. The highest BCUT2D eigenvalue weighted by Gasteiger charge is 2.09. The van der Waals surface area contributed by atoms with Crippen LogP contribution in [0.25, 0.3) is 0 Å². The van der Waals surface area contributed by atoms with E-state index in [0.29, 0.717) is 0 Å². The first-order chi connectivity index (χ1) is 9.26. The van der Waals surface area contributed by atoms with Gasteiger partial charge in [-0.25, -0.2) is 0 Å². The molecular formula is C15H19NO2S. The molecule has 0 fully saturated rings. The number of ether oxygens (including phenoxy) is 2. The molecule has 0 unspecified atom stereocenters. The van der Waals surface area contributed by atoms with Crippen molar-refractivity contribution in [1.29, 1.82) is 0 Å². The van der Waals surface area contributed by atoms with E-state index in [-0.39, 0.29) is 0 Å². The second-order valence-electron chi connectivity index (χ2n) is 4.28. The molecule has 1 N–H and O–H groups in total. The van der Waals surface area contributed by atoms with Crippen LogP contribution in [0.1, 0.15) is 16.0 Å². The zero-order chi connectivity index (χ0) is 13.7. The van der Waals surface area contributed by atoms with Crippen molar-refractivity contribution in [2.75, 3.05) is 14.2 Å². The molecule has 0 amide bonds. The normalized spacial score (nSPS) is 10.5. The van der Waals surface area contributed by atoms with Crippen LogP contribution in [0.15, 0.2) is 29.6 Å². The Labute approximate surface area is 118 Å². The van der Waals surface area contributed by atoms with Gasteiger partial charge in [-0.2, -0.15) is 0 Å². The van der Waals surface area contributed by atoms with Crippen LogP contribution < -0.4 is 14.8 Å². The lowest BCUT2D eigenvalue weighted by molar-refractivity contribution is 0.350. The maximum Gasteiger partial charge on any atom is 0.165 e. The first-order valence-corrected chi connectivity index (χ1v) is 7.07. The molecule has 102 valence electrons. The fourth-order valence-electron chi connectivity index (χ4n) is 1.99. The molecule has 0 aliphatic heterocycles. The highest BCUT2D eigenvalue weighted by Crippen LogP contribution is 2.30. The first kappa shape index (κ1) is 13.9. The van der Waals surface area contributed by atoms with Crippen LogP contribution in [0.5, 0.6) is 11.5 Å². The molecule has 19 heavy (non-hydrogen) atoms. The predicted octanol–water partition coefficient (Wildman–Crippen LogP) is 3.36. The summed E-state index contributed by atoms with van der Waals surface area (Å²) in [6, 6.07) is 8.09. The van der Waals surface area contributed by atoms with E-state index in [1.165, 1.54) is 10.4 Å². The third-order valence-corrected chi connectivity index (χ3v) is 4.08. The summed E-state index contributed by atoms with van der Waals surface area (Å²) in [5.41, 5.74) is 2.45. The first-order valence-electron chi connectivity index (χ1n) is 6.19. The summed E-state index contributed by atoms with van der Waals surface area (Å²) in [6.07, 6.45) is 0. The predicted molar refractivity (Wildman–Crippen MR) is 79.1 cm³/mol. The number of para-hydroxylation sites is 1. The number of aryl methyl sites for hydroxylation is 1. The maximum atomic E-state index is 5.42. The Hall–Kier alpha value is -1.52. The van der Waals surface area contributed by atoms with E-state index in [4.69, 9.17) is 9.47 Å². The molecule has 0 spiro atoms. The standard InChI is InChI=1S/C15H19NO2S/c1-11-7-8-19-14(11)10-16-9-12-5-4-6-13(17-2)15(12)18-3/h4-8,16H,9-10H2,1-3H3. The minimum absolute atomic E-state index is 0.762. The van der Waals surface area contributed by atoms with Gasteiger partial charge in [0, 0.05) is 23.5 Å². The van der Waals surface area contributed by atoms with Gasteiger partial charge in [-0.15, -0.1) is 11.3 Å². The van der Waals surface area contributed by atoms with Crippen LogP contribution in [-0.4, -0.2) is 14.2 Å². The molecule has 3 nitrogen and oxygen atoms in total. The van der Waals surface area contributed by atoms with Crippen molar-refractivity contribution < 1.29 is 9.47 Å². The summed E-state index contributed by atoms with van der Waals surface area (Å²) in [4.78, 5) is 1.38. The lowest BCUT2D eigenvalue weighted by atomic mass is 10.2. The Morgan fingerprint density at radius 1 is 1.11 bits per heavy atom. The summed E-state index contributed by atoms with van der Waals surface area (Å²) in [5.74, 6) is 1.58. The quantitative estimate of drug-likeness (QED) is 0.878. The van der Waals surface area contributed by atoms with Gasteiger partial charge in [0.25, 0.3) is 0 Å². The molecular weight excluding hydrogens is 258 g/mol. The monoisotopic (exact) mass is 277 g/mol. The van der Waals surface area contributed by atoms with Gasteiger partial charge in [0.1, 0.15) is 0 Å². The topological polar surface area (TPSA) is 30.5 Å². The Kier molecular flexibility index (Phi) is 4.82. The van der Waals surface area contributed by atoms with Gasteiger partial charge < -0.3 is 14.8 Å². The van der Waals surface area contributed by atoms with Crippen LogP contribution in [0, 0.1) is 6.92 Å². The van der Waals surface area contributed by atoms with E-state index in [9.17, 15) is 0 Å². The molecule has 1 heterocycles. The zero-order valence-electron chi connectivity index (χ0n) is 11.5. The van der Waals surface area contributed by atoms with Gasteiger partial charge in [-0.3, -0.25) is 0 Å². The minimum atomic E-state index is 0.762.